The lowest BCUT2D eigenvalue weighted by atomic mass is 10.2. The Bertz CT molecular complexity index is 610. The van der Waals surface area contributed by atoms with Gasteiger partial charge < -0.3 is 10.6 Å². The maximum atomic E-state index is 12.6. The van der Waals surface area contributed by atoms with Crippen LogP contribution in [0.15, 0.2) is 29.2 Å². The zero-order valence-electron chi connectivity index (χ0n) is 12.2. The molecule has 1 aliphatic rings. The largest absolute Gasteiger partial charge is 0.342 e. The van der Waals surface area contributed by atoms with E-state index >= 15 is 0 Å². The Hall–Kier alpha value is -1.44. The fourth-order valence-corrected chi connectivity index (χ4v) is 3.78. The second-order valence-corrected chi connectivity index (χ2v) is 7.17. The van der Waals surface area contributed by atoms with Crippen LogP contribution in [0.1, 0.15) is 18.4 Å². The molecule has 1 saturated heterocycles. The lowest BCUT2D eigenvalue weighted by Gasteiger charge is -2.22. The van der Waals surface area contributed by atoms with Crippen molar-refractivity contribution < 1.29 is 13.2 Å². The highest BCUT2D eigenvalue weighted by atomic mass is 32.2. The van der Waals surface area contributed by atoms with Crippen LogP contribution in [0.2, 0.25) is 0 Å². The predicted octanol–water partition coefficient (Wildman–Crippen LogP) is 0.388. The summed E-state index contributed by atoms with van der Waals surface area (Å²) in [6, 6.07) is 6.61. The number of likely N-dealkylation sites (N-methyl/N-ethyl adjacent to an activating group) is 1. The Kier molecular flexibility index (Phi) is 4.97. The van der Waals surface area contributed by atoms with Crippen molar-refractivity contribution >= 4 is 15.9 Å². The monoisotopic (exact) mass is 311 g/mol. The maximum Gasteiger partial charge on any atom is 0.243 e. The number of amides is 1. The molecular formula is C14H21N3O3S. The first-order valence-corrected chi connectivity index (χ1v) is 8.43. The molecule has 7 heteroatoms. The van der Waals surface area contributed by atoms with Crippen LogP contribution in [0.3, 0.4) is 0 Å². The molecule has 1 aliphatic heterocycles. The highest BCUT2D eigenvalue weighted by Crippen LogP contribution is 2.19. The number of rotatable bonds is 5. The molecule has 21 heavy (non-hydrogen) atoms. The van der Waals surface area contributed by atoms with Gasteiger partial charge in [0.25, 0.3) is 0 Å². The van der Waals surface area contributed by atoms with E-state index < -0.39 is 10.0 Å². The minimum atomic E-state index is -3.70. The van der Waals surface area contributed by atoms with Crippen molar-refractivity contribution in [3.8, 4) is 0 Å². The first kappa shape index (κ1) is 15.9. The van der Waals surface area contributed by atoms with Crippen LogP contribution in [0.5, 0.6) is 0 Å². The normalized spacial score (nSPS) is 15.7. The summed E-state index contributed by atoms with van der Waals surface area (Å²) in [5.74, 6) is -0.149. The average molecular weight is 311 g/mol. The van der Waals surface area contributed by atoms with E-state index in [4.69, 9.17) is 5.73 Å². The second-order valence-electron chi connectivity index (χ2n) is 5.16. The van der Waals surface area contributed by atoms with Gasteiger partial charge in [-0.2, -0.15) is 4.31 Å². The van der Waals surface area contributed by atoms with Gasteiger partial charge in [0.1, 0.15) is 0 Å². The Morgan fingerprint density at radius 2 is 1.90 bits per heavy atom. The number of hydrogen-bond acceptors (Lipinski definition) is 4. The molecule has 6 nitrogen and oxygen atoms in total. The lowest BCUT2D eigenvalue weighted by Crippen LogP contribution is -2.40. The van der Waals surface area contributed by atoms with E-state index in [1.165, 1.54) is 13.1 Å². The maximum absolute atomic E-state index is 12.6. The van der Waals surface area contributed by atoms with Gasteiger partial charge in [-0.05, 0) is 24.5 Å². The molecule has 0 aliphatic carbocycles. The van der Waals surface area contributed by atoms with E-state index in [1.54, 1.807) is 23.1 Å². The summed E-state index contributed by atoms with van der Waals surface area (Å²) in [5.41, 5.74) is 6.14. The van der Waals surface area contributed by atoms with Crippen LogP contribution >= 0.6 is 0 Å². The quantitative estimate of drug-likeness (QED) is 0.852. The molecule has 0 saturated carbocycles. The third-order valence-corrected chi connectivity index (χ3v) is 5.60. The molecular weight excluding hydrogens is 290 g/mol. The summed E-state index contributed by atoms with van der Waals surface area (Å²) in [5, 5.41) is 0. The molecule has 116 valence electrons. The Morgan fingerprint density at radius 3 is 2.52 bits per heavy atom. The van der Waals surface area contributed by atoms with E-state index in [1.807, 2.05) is 0 Å². The fraction of sp³-hybridized carbons (Fsp3) is 0.500. The molecule has 0 spiro atoms. The van der Waals surface area contributed by atoms with Crippen LogP contribution in [-0.2, 0) is 21.4 Å². The van der Waals surface area contributed by atoms with E-state index in [9.17, 15) is 13.2 Å². The molecule has 0 bridgehead atoms. The van der Waals surface area contributed by atoms with Crippen molar-refractivity contribution in [2.75, 3.05) is 26.7 Å². The number of sulfonamides is 1. The number of hydrogen-bond donors (Lipinski definition) is 1. The van der Waals surface area contributed by atoms with Crippen molar-refractivity contribution in [2.45, 2.75) is 24.3 Å². The summed E-state index contributed by atoms with van der Waals surface area (Å²) < 4.78 is 26.2. The lowest BCUT2D eigenvalue weighted by molar-refractivity contribution is -0.130. The van der Waals surface area contributed by atoms with Gasteiger partial charge in [-0.25, -0.2) is 8.42 Å². The zero-order chi connectivity index (χ0) is 15.5. The first-order valence-electron chi connectivity index (χ1n) is 6.99. The first-order chi connectivity index (χ1) is 9.96. The van der Waals surface area contributed by atoms with Gasteiger partial charge in [-0.3, -0.25) is 4.79 Å². The molecule has 0 atom stereocenters. The third-order valence-electron chi connectivity index (χ3n) is 3.70. The van der Waals surface area contributed by atoms with Crippen molar-refractivity contribution in [3.05, 3.63) is 29.8 Å². The number of nitrogens with two attached hydrogens (primary N) is 1. The fourth-order valence-electron chi connectivity index (χ4n) is 2.43. The molecule has 2 rings (SSSR count). The highest BCUT2D eigenvalue weighted by Gasteiger charge is 2.27. The number of carbonyl (C=O) groups excluding carboxylic acids is 1. The van der Waals surface area contributed by atoms with Gasteiger partial charge in [-0.1, -0.05) is 18.2 Å². The minimum absolute atomic E-state index is 0.138. The molecule has 0 unspecified atom stereocenters. The molecule has 0 aromatic heterocycles. The van der Waals surface area contributed by atoms with E-state index in [0.29, 0.717) is 18.7 Å². The van der Waals surface area contributed by atoms with E-state index in [-0.39, 0.29) is 23.9 Å². The van der Waals surface area contributed by atoms with Crippen LogP contribution < -0.4 is 5.73 Å². The summed E-state index contributed by atoms with van der Waals surface area (Å²) in [6.07, 6.45) is 1.97. The van der Waals surface area contributed by atoms with Gasteiger partial charge in [0, 0.05) is 26.7 Å². The van der Waals surface area contributed by atoms with Gasteiger partial charge >= 0.3 is 0 Å². The second kappa shape index (κ2) is 6.55. The summed E-state index contributed by atoms with van der Waals surface area (Å²) >= 11 is 0. The van der Waals surface area contributed by atoms with Crippen molar-refractivity contribution in [1.82, 2.24) is 9.21 Å². The molecule has 2 N–H and O–H groups in total. The van der Waals surface area contributed by atoms with Crippen molar-refractivity contribution in [1.29, 1.82) is 0 Å². The standard InChI is InChI=1S/C14H21N3O3S/c1-16(11-14(18)17-8-4-5-9-17)21(19,20)13-7-3-2-6-12(13)10-15/h2-3,6-7H,4-5,8-11,15H2,1H3. The zero-order valence-corrected chi connectivity index (χ0v) is 13.0. The number of benzene rings is 1. The number of likely N-dealkylation sites (tertiary alicyclic amines) is 1. The van der Waals surface area contributed by atoms with Crippen LogP contribution in [-0.4, -0.2) is 50.2 Å². The topological polar surface area (TPSA) is 83.7 Å². The molecule has 1 aromatic carbocycles. The van der Waals surface area contributed by atoms with Gasteiger partial charge in [0.15, 0.2) is 0 Å². The molecule has 1 fully saturated rings. The number of carbonyl (C=O) groups is 1. The minimum Gasteiger partial charge on any atom is -0.342 e. The summed E-state index contributed by atoms with van der Waals surface area (Å²) in [7, 11) is -2.27. The predicted molar refractivity (Wildman–Crippen MR) is 80.0 cm³/mol. The van der Waals surface area contributed by atoms with Gasteiger partial charge in [0.05, 0.1) is 11.4 Å². The van der Waals surface area contributed by atoms with Gasteiger partial charge in [0.2, 0.25) is 15.9 Å². The Labute approximate surface area is 125 Å². The summed E-state index contributed by atoms with van der Waals surface area (Å²) in [4.78, 5) is 14.0. The van der Waals surface area contributed by atoms with Crippen LogP contribution in [0, 0.1) is 0 Å². The third kappa shape index (κ3) is 3.42. The van der Waals surface area contributed by atoms with Crippen LogP contribution in [0.4, 0.5) is 0 Å². The number of nitrogens with zero attached hydrogens (tertiary/aromatic N) is 2. The Balaban J connectivity index is 2.16. The van der Waals surface area contributed by atoms with Gasteiger partial charge in [-0.15, -0.1) is 0 Å². The smallest absolute Gasteiger partial charge is 0.243 e. The Morgan fingerprint density at radius 1 is 1.29 bits per heavy atom. The van der Waals surface area contributed by atoms with Crippen molar-refractivity contribution in [3.63, 3.8) is 0 Å². The molecule has 1 aromatic rings. The summed E-state index contributed by atoms with van der Waals surface area (Å²) in [6.45, 7) is 1.43. The molecule has 1 amide bonds. The average Bonchev–Trinajstić information content (AvgIpc) is 3.01. The SMILES string of the molecule is CN(CC(=O)N1CCCC1)S(=O)(=O)c1ccccc1CN. The molecule has 1 heterocycles. The van der Waals surface area contributed by atoms with E-state index in [2.05, 4.69) is 0 Å². The highest BCUT2D eigenvalue weighted by molar-refractivity contribution is 7.89. The molecule has 0 radical (unpaired) electrons. The van der Waals surface area contributed by atoms with Crippen LogP contribution in [0.25, 0.3) is 0 Å². The van der Waals surface area contributed by atoms with E-state index in [0.717, 1.165) is 17.1 Å². The van der Waals surface area contributed by atoms with Crippen molar-refractivity contribution in [2.24, 2.45) is 5.73 Å².